The van der Waals surface area contributed by atoms with Crippen molar-refractivity contribution in [2.24, 2.45) is 5.92 Å². The zero-order valence-corrected chi connectivity index (χ0v) is 14.3. The van der Waals surface area contributed by atoms with Crippen molar-refractivity contribution in [1.29, 1.82) is 0 Å². The smallest absolute Gasteiger partial charge is 0.234 e. The van der Waals surface area contributed by atoms with Gasteiger partial charge in [-0.1, -0.05) is 19.9 Å². The Balaban J connectivity index is 2.56. The number of hydrogen-bond acceptors (Lipinski definition) is 4. The molecule has 0 heterocycles. The molecule has 1 aromatic carbocycles. The zero-order valence-electron chi connectivity index (χ0n) is 14.3. The highest BCUT2D eigenvalue weighted by atomic mass is 16.5. The Morgan fingerprint density at radius 3 is 2.64 bits per heavy atom. The van der Waals surface area contributed by atoms with Crippen LogP contribution in [0.3, 0.4) is 0 Å². The number of hydrogen-bond donors (Lipinski definition) is 1. The Morgan fingerprint density at radius 1 is 1.32 bits per heavy atom. The van der Waals surface area contributed by atoms with E-state index in [0.717, 1.165) is 17.1 Å². The zero-order chi connectivity index (χ0) is 16.5. The second kappa shape index (κ2) is 9.30. The molecule has 22 heavy (non-hydrogen) atoms. The summed E-state index contributed by atoms with van der Waals surface area (Å²) in [6, 6.07) is 5.86. The van der Waals surface area contributed by atoms with E-state index in [-0.39, 0.29) is 5.91 Å². The number of rotatable bonds is 9. The fourth-order valence-electron chi connectivity index (χ4n) is 2.07. The van der Waals surface area contributed by atoms with Crippen LogP contribution < -0.4 is 14.8 Å². The van der Waals surface area contributed by atoms with Crippen LogP contribution in [0.25, 0.3) is 0 Å². The molecule has 0 aliphatic rings. The van der Waals surface area contributed by atoms with Gasteiger partial charge < -0.3 is 14.8 Å². The fraction of sp³-hybridized carbons (Fsp3) is 0.588. The molecule has 0 fully saturated rings. The van der Waals surface area contributed by atoms with Gasteiger partial charge in [-0.2, -0.15) is 0 Å². The Morgan fingerprint density at radius 2 is 2.05 bits per heavy atom. The lowest BCUT2D eigenvalue weighted by Crippen LogP contribution is -2.36. The van der Waals surface area contributed by atoms with Crippen molar-refractivity contribution in [3.05, 3.63) is 23.8 Å². The van der Waals surface area contributed by atoms with Crippen molar-refractivity contribution in [2.75, 3.05) is 33.9 Å². The van der Waals surface area contributed by atoms with Gasteiger partial charge in [0.05, 0.1) is 20.3 Å². The first-order valence-corrected chi connectivity index (χ1v) is 7.71. The number of methoxy groups -OCH3 is 1. The van der Waals surface area contributed by atoms with E-state index in [4.69, 9.17) is 9.47 Å². The topological polar surface area (TPSA) is 50.8 Å². The number of nitrogens with one attached hydrogen (secondary N) is 1. The van der Waals surface area contributed by atoms with Crippen molar-refractivity contribution >= 4 is 5.91 Å². The Kier molecular flexibility index (Phi) is 7.74. The number of nitrogens with zero attached hydrogens (tertiary/aromatic N) is 1. The van der Waals surface area contributed by atoms with E-state index in [1.165, 1.54) is 0 Å². The van der Waals surface area contributed by atoms with Gasteiger partial charge in [-0.3, -0.25) is 9.69 Å². The van der Waals surface area contributed by atoms with Gasteiger partial charge in [-0.15, -0.1) is 0 Å². The van der Waals surface area contributed by atoms with Gasteiger partial charge in [0.1, 0.15) is 0 Å². The molecule has 1 aromatic rings. The molecule has 0 radical (unpaired) electrons. The van der Waals surface area contributed by atoms with Crippen LogP contribution in [0.2, 0.25) is 0 Å². The number of carbonyl (C=O) groups excluding carboxylic acids is 1. The second-order valence-electron chi connectivity index (χ2n) is 5.79. The van der Waals surface area contributed by atoms with Crippen LogP contribution in [0.4, 0.5) is 0 Å². The first-order chi connectivity index (χ1) is 10.5. The minimum Gasteiger partial charge on any atom is -0.493 e. The van der Waals surface area contributed by atoms with E-state index in [0.29, 0.717) is 32.2 Å². The molecule has 0 aliphatic carbocycles. The van der Waals surface area contributed by atoms with Crippen LogP contribution in [0.1, 0.15) is 26.3 Å². The molecule has 124 valence electrons. The average Bonchev–Trinajstić information content (AvgIpc) is 2.46. The van der Waals surface area contributed by atoms with E-state index in [9.17, 15) is 4.79 Å². The van der Waals surface area contributed by atoms with Crippen molar-refractivity contribution in [1.82, 2.24) is 10.2 Å². The number of carbonyl (C=O) groups is 1. The van der Waals surface area contributed by atoms with E-state index < -0.39 is 0 Å². The van der Waals surface area contributed by atoms with Crippen LogP contribution in [0.5, 0.6) is 11.5 Å². The number of ether oxygens (including phenoxy) is 2. The van der Waals surface area contributed by atoms with Gasteiger partial charge in [0, 0.05) is 13.1 Å². The van der Waals surface area contributed by atoms with E-state index in [1.807, 2.05) is 37.1 Å². The SMILES string of the molecule is CCOc1ccc(CN(C)CC(=O)NCC(C)C)cc1OC. The van der Waals surface area contributed by atoms with Crippen molar-refractivity contribution in [3.63, 3.8) is 0 Å². The number of amides is 1. The summed E-state index contributed by atoms with van der Waals surface area (Å²) in [6.45, 7) is 8.47. The summed E-state index contributed by atoms with van der Waals surface area (Å²) < 4.78 is 10.8. The molecule has 0 unspecified atom stereocenters. The number of benzene rings is 1. The summed E-state index contributed by atoms with van der Waals surface area (Å²) in [5.41, 5.74) is 1.08. The highest BCUT2D eigenvalue weighted by Crippen LogP contribution is 2.28. The molecule has 5 nitrogen and oxygen atoms in total. The van der Waals surface area contributed by atoms with Crippen molar-refractivity contribution in [3.8, 4) is 11.5 Å². The predicted molar refractivity (Wildman–Crippen MR) is 88.3 cm³/mol. The van der Waals surface area contributed by atoms with Gasteiger partial charge in [-0.25, -0.2) is 0 Å². The van der Waals surface area contributed by atoms with E-state index >= 15 is 0 Å². The van der Waals surface area contributed by atoms with Gasteiger partial charge in [-0.05, 0) is 37.6 Å². The average molecular weight is 308 g/mol. The van der Waals surface area contributed by atoms with Crippen LogP contribution in [-0.4, -0.2) is 44.7 Å². The summed E-state index contributed by atoms with van der Waals surface area (Å²) in [6.07, 6.45) is 0. The third kappa shape index (κ3) is 6.35. The molecule has 0 saturated heterocycles. The summed E-state index contributed by atoms with van der Waals surface area (Å²) in [5.74, 6) is 1.97. The van der Waals surface area contributed by atoms with Crippen LogP contribution in [-0.2, 0) is 11.3 Å². The number of likely N-dealkylation sites (N-methyl/N-ethyl adjacent to an activating group) is 1. The molecule has 0 atom stereocenters. The fourth-order valence-corrected chi connectivity index (χ4v) is 2.07. The minimum absolute atomic E-state index is 0.0501. The summed E-state index contributed by atoms with van der Waals surface area (Å²) in [7, 11) is 3.56. The first kappa shape index (κ1) is 18.3. The molecule has 5 heteroatoms. The molecule has 0 aromatic heterocycles. The van der Waals surface area contributed by atoms with Gasteiger partial charge in [0.2, 0.25) is 5.91 Å². The summed E-state index contributed by atoms with van der Waals surface area (Å²) >= 11 is 0. The second-order valence-corrected chi connectivity index (χ2v) is 5.79. The summed E-state index contributed by atoms with van der Waals surface area (Å²) in [5, 5.41) is 2.92. The van der Waals surface area contributed by atoms with Crippen molar-refractivity contribution in [2.45, 2.75) is 27.3 Å². The molecular weight excluding hydrogens is 280 g/mol. The van der Waals surface area contributed by atoms with E-state index in [1.54, 1.807) is 7.11 Å². The Labute approximate surface area is 133 Å². The maximum atomic E-state index is 11.8. The summed E-state index contributed by atoms with van der Waals surface area (Å²) in [4.78, 5) is 13.8. The van der Waals surface area contributed by atoms with Crippen LogP contribution in [0.15, 0.2) is 18.2 Å². The van der Waals surface area contributed by atoms with Gasteiger partial charge >= 0.3 is 0 Å². The van der Waals surface area contributed by atoms with Crippen LogP contribution >= 0.6 is 0 Å². The first-order valence-electron chi connectivity index (χ1n) is 7.71. The van der Waals surface area contributed by atoms with Gasteiger partial charge in [0.15, 0.2) is 11.5 Å². The Bertz CT molecular complexity index is 475. The minimum atomic E-state index is 0.0501. The highest BCUT2D eigenvalue weighted by molar-refractivity contribution is 5.77. The molecule has 1 N–H and O–H groups in total. The normalized spacial score (nSPS) is 10.9. The molecule has 0 bridgehead atoms. The molecule has 0 saturated carbocycles. The monoisotopic (exact) mass is 308 g/mol. The molecule has 1 amide bonds. The quantitative estimate of drug-likeness (QED) is 0.760. The maximum Gasteiger partial charge on any atom is 0.234 e. The lowest BCUT2D eigenvalue weighted by Gasteiger charge is -2.18. The molecule has 0 aliphatic heterocycles. The maximum absolute atomic E-state index is 11.8. The largest absolute Gasteiger partial charge is 0.493 e. The van der Waals surface area contributed by atoms with Crippen LogP contribution in [0, 0.1) is 5.92 Å². The predicted octanol–water partition coefficient (Wildman–Crippen LogP) is 2.30. The molecule has 1 rings (SSSR count). The molecular formula is C17H28N2O3. The lowest BCUT2D eigenvalue weighted by molar-refractivity contribution is -0.122. The third-order valence-electron chi connectivity index (χ3n) is 3.10. The van der Waals surface area contributed by atoms with Crippen molar-refractivity contribution < 1.29 is 14.3 Å². The standard InChI is InChI=1S/C17H28N2O3/c1-6-22-15-8-7-14(9-16(15)21-5)11-19(4)12-17(20)18-10-13(2)3/h7-9,13H,6,10-12H2,1-5H3,(H,18,20). The highest BCUT2D eigenvalue weighted by Gasteiger charge is 2.10. The van der Waals surface area contributed by atoms with E-state index in [2.05, 4.69) is 19.2 Å². The lowest BCUT2D eigenvalue weighted by atomic mass is 10.2. The third-order valence-corrected chi connectivity index (χ3v) is 3.10. The molecule has 0 spiro atoms. The Hall–Kier alpha value is -1.75. The van der Waals surface area contributed by atoms with Gasteiger partial charge in [0.25, 0.3) is 0 Å².